The summed E-state index contributed by atoms with van der Waals surface area (Å²) in [6, 6.07) is 15.2. The third-order valence-electron chi connectivity index (χ3n) is 3.32. The number of rotatable bonds is 2. The van der Waals surface area contributed by atoms with Gasteiger partial charge in [0.1, 0.15) is 0 Å². The zero-order valence-electron chi connectivity index (χ0n) is 11.3. The number of aryl methyl sites for hydroxylation is 1. The molecule has 0 spiro atoms. The lowest BCUT2D eigenvalue weighted by molar-refractivity contribution is 0.630. The van der Waals surface area contributed by atoms with Crippen molar-refractivity contribution < 1.29 is 0 Å². The summed E-state index contributed by atoms with van der Waals surface area (Å²) in [7, 11) is 1.74. The average molecular weight is 275 g/mol. The molecule has 6 nitrogen and oxygen atoms in total. The molecule has 1 N–H and O–H groups in total. The molecule has 2 aromatic heterocycles. The first-order valence-electron chi connectivity index (χ1n) is 6.49. The van der Waals surface area contributed by atoms with Crippen molar-refractivity contribution in [2.45, 2.75) is 0 Å². The van der Waals surface area contributed by atoms with E-state index in [0.717, 1.165) is 27.7 Å². The molecule has 2 heterocycles. The SMILES string of the molecule is Cn1nnc(-c2[c]cc(-c3ccc4[nH]cnc4c3)cc2)n1. The second-order valence-electron chi connectivity index (χ2n) is 4.73. The number of hydrogen-bond donors (Lipinski definition) is 1. The highest BCUT2D eigenvalue weighted by Crippen LogP contribution is 2.24. The van der Waals surface area contributed by atoms with Gasteiger partial charge in [-0.05, 0) is 46.7 Å². The summed E-state index contributed by atoms with van der Waals surface area (Å²) >= 11 is 0. The van der Waals surface area contributed by atoms with Gasteiger partial charge in [0.25, 0.3) is 0 Å². The summed E-state index contributed by atoms with van der Waals surface area (Å²) in [4.78, 5) is 8.80. The molecule has 0 unspecified atom stereocenters. The Hall–Kier alpha value is -3.02. The van der Waals surface area contributed by atoms with Crippen LogP contribution in [-0.4, -0.2) is 30.2 Å². The minimum Gasteiger partial charge on any atom is -0.345 e. The molecule has 101 valence electrons. The Morgan fingerprint density at radius 3 is 2.81 bits per heavy atom. The molecule has 0 saturated heterocycles. The van der Waals surface area contributed by atoms with Crippen molar-refractivity contribution in [1.29, 1.82) is 0 Å². The zero-order valence-corrected chi connectivity index (χ0v) is 11.3. The van der Waals surface area contributed by atoms with Crippen molar-refractivity contribution in [3.8, 4) is 22.5 Å². The van der Waals surface area contributed by atoms with Gasteiger partial charge in [-0.25, -0.2) is 4.98 Å². The van der Waals surface area contributed by atoms with Gasteiger partial charge in [0.05, 0.1) is 24.4 Å². The topological polar surface area (TPSA) is 72.3 Å². The van der Waals surface area contributed by atoms with Crippen LogP contribution in [0.5, 0.6) is 0 Å². The number of nitrogens with one attached hydrogen (secondary N) is 1. The Kier molecular flexibility index (Phi) is 2.53. The molecule has 1 radical (unpaired) electrons. The lowest BCUT2D eigenvalue weighted by atomic mass is 10.0. The fraction of sp³-hybridized carbons (Fsp3) is 0.0667. The highest BCUT2D eigenvalue weighted by atomic mass is 15.6. The maximum atomic E-state index is 4.28. The first-order valence-corrected chi connectivity index (χ1v) is 6.49. The number of H-pyrrole nitrogens is 1. The summed E-state index contributed by atoms with van der Waals surface area (Å²) in [5.74, 6) is 0.576. The molecule has 0 aliphatic carbocycles. The molecular weight excluding hydrogens is 264 g/mol. The molecule has 4 rings (SSSR count). The fourth-order valence-electron chi connectivity index (χ4n) is 2.25. The highest BCUT2D eigenvalue weighted by Gasteiger charge is 2.06. The van der Waals surface area contributed by atoms with Gasteiger partial charge in [0.2, 0.25) is 5.82 Å². The third-order valence-corrected chi connectivity index (χ3v) is 3.32. The van der Waals surface area contributed by atoms with E-state index in [4.69, 9.17) is 0 Å². The Labute approximate surface area is 120 Å². The first-order chi connectivity index (χ1) is 10.3. The first kappa shape index (κ1) is 11.8. The highest BCUT2D eigenvalue weighted by molar-refractivity contribution is 5.81. The number of nitrogens with zero attached hydrogens (tertiary/aromatic N) is 5. The molecule has 0 atom stereocenters. The molecule has 2 aromatic carbocycles. The molecule has 4 aromatic rings. The normalized spacial score (nSPS) is 11.1. The van der Waals surface area contributed by atoms with Crippen molar-refractivity contribution in [3.63, 3.8) is 0 Å². The molecule has 0 bridgehead atoms. The van der Waals surface area contributed by atoms with E-state index in [9.17, 15) is 0 Å². The van der Waals surface area contributed by atoms with Crippen molar-refractivity contribution in [2.75, 3.05) is 0 Å². The van der Waals surface area contributed by atoms with Crippen molar-refractivity contribution in [2.24, 2.45) is 7.05 Å². The fourth-order valence-corrected chi connectivity index (χ4v) is 2.25. The quantitative estimate of drug-likeness (QED) is 0.609. The molecule has 0 saturated carbocycles. The van der Waals surface area contributed by atoms with Crippen LogP contribution in [0.15, 0.2) is 42.7 Å². The van der Waals surface area contributed by atoms with Crippen LogP contribution in [0.4, 0.5) is 0 Å². The number of fused-ring (bicyclic) bond motifs is 1. The van der Waals surface area contributed by atoms with Gasteiger partial charge in [0, 0.05) is 5.56 Å². The van der Waals surface area contributed by atoms with Crippen LogP contribution in [0.3, 0.4) is 0 Å². The van der Waals surface area contributed by atoms with Crippen LogP contribution in [0.2, 0.25) is 0 Å². The van der Waals surface area contributed by atoms with Gasteiger partial charge in [-0.2, -0.15) is 4.80 Å². The van der Waals surface area contributed by atoms with Crippen LogP contribution in [-0.2, 0) is 7.05 Å². The minimum atomic E-state index is 0.576. The summed E-state index contributed by atoms with van der Waals surface area (Å²) < 4.78 is 0. The Morgan fingerprint density at radius 2 is 2.05 bits per heavy atom. The summed E-state index contributed by atoms with van der Waals surface area (Å²) in [5.41, 5.74) is 4.99. The molecule has 21 heavy (non-hydrogen) atoms. The zero-order chi connectivity index (χ0) is 14.2. The molecule has 6 heteroatoms. The Bertz CT molecular complexity index is 903. The van der Waals surface area contributed by atoms with Crippen LogP contribution in [0.1, 0.15) is 0 Å². The Balaban J connectivity index is 1.72. The average Bonchev–Trinajstić information content (AvgIpc) is 3.15. The number of benzene rings is 2. The Morgan fingerprint density at radius 1 is 1.14 bits per heavy atom. The van der Waals surface area contributed by atoms with E-state index >= 15 is 0 Å². The third kappa shape index (κ3) is 2.06. The lowest BCUT2D eigenvalue weighted by Gasteiger charge is -2.02. The van der Waals surface area contributed by atoms with Crippen molar-refractivity contribution in [1.82, 2.24) is 30.2 Å². The van der Waals surface area contributed by atoms with Crippen LogP contribution >= 0.6 is 0 Å². The second kappa shape index (κ2) is 4.52. The van der Waals surface area contributed by atoms with Crippen molar-refractivity contribution >= 4 is 11.0 Å². The number of hydrogen-bond acceptors (Lipinski definition) is 4. The van der Waals surface area contributed by atoms with Crippen LogP contribution in [0, 0.1) is 6.07 Å². The monoisotopic (exact) mass is 275 g/mol. The van der Waals surface area contributed by atoms with E-state index in [0.29, 0.717) is 5.82 Å². The molecule has 0 aliphatic heterocycles. The van der Waals surface area contributed by atoms with Gasteiger partial charge in [-0.15, -0.1) is 10.2 Å². The molecule has 0 amide bonds. The largest absolute Gasteiger partial charge is 0.345 e. The molecular formula is C15H11N6. The molecule has 0 aliphatic rings. The second-order valence-corrected chi connectivity index (χ2v) is 4.73. The van der Waals surface area contributed by atoms with Gasteiger partial charge in [0.15, 0.2) is 0 Å². The van der Waals surface area contributed by atoms with Crippen LogP contribution in [0.25, 0.3) is 33.5 Å². The summed E-state index contributed by atoms with van der Waals surface area (Å²) in [5, 5.41) is 12.0. The van der Waals surface area contributed by atoms with Gasteiger partial charge < -0.3 is 4.98 Å². The van der Waals surface area contributed by atoms with E-state index < -0.39 is 0 Å². The van der Waals surface area contributed by atoms with E-state index in [-0.39, 0.29) is 0 Å². The predicted molar refractivity (Wildman–Crippen MR) is 78.2 cm³/mol. The lowest BCUT2D eigenvalue weighted by Crippen LogP contribution is -1.91. The van der Waals surface area contributed by atoms with Crippen LogP contribution < -0.4 is 0 Å². The van der Waals surface area contributed by atoms with E-state index in [1.54, 1.807) is 13.4 Å². The number of aromatic nitrogens is 6. The summed E-state index contributed by atoms with van der Waals surface area (Å²) in [6.07, 6.45) is 1.70. The maximum Gasteiger partial charge on any atom is 0.205 e. The number of aromatic amines is 1. The number of imidazole rings is 1. The van der Waals surface area contributed by atoms with E-state index in [2.05, 4.69) is 43.6 Å². The minimum absolute atomic E-state index is 0.576. The van der Waals surface area contributed by atoms with Gasteiger partial charge in [-0.1, -0.05) is 12.1 Å². The van der Waals surface area contributed by atoms with Gasteiger partial charge >= 0.3 is 0 Å². The van der Waals surface area contributed by atoms with E-state index in [1.807, 2.05) is 24.3 Å². The predicted octanol–water partition coefficient (Wildman–Crippen LogP) is 2.22. The number of tetrazole rings is 1. The molecule has 0 fully saturated rings. The standard InChI is InChI=1S/C15H11N6/c1-21-19-15(18-20-21)11-4-2-10(3-5-11)12-6-7-13-14(8-12)17-9-16-13/h2-4,6-9H,1H3,(H,16,17). The summed E-state index contributed by atoms with van der Waals surface area (Å²) in [6.45, 7) is 0. The van der Waals surface area contributed by atoms with E-state index in [1.165, 1.54) is 4.80 Å². The maximum absolute atomic E-state index is 4.28. The smallest absolute Gasteiger partial charge is 0.205 e. The van der Waals surface area contributed by atoms with Crippen molar-refractivity contribution in [3.05, 3.63) is 48.8 Å². The van der Waals surface area contributed by atoms with Gasteiger partial charge in [-0.3, -0.25) is 0 Å².